The van der Waals surface area contributed by atoms with E-state index in [0.717, 1.165) is 16.8 Å². The quantitative estimate of drug-likeness (QED) is 0.323. The Morgan fingerprint density at radius 2 is 1.65 bits per heavy atom. The van der Waals surface area contributed by atoms with Crippen LogP contribution in [-0.4, -0.2) is 21.4 Å². The summed E-state index contributed by atoms with van der Waals surface area (Å²) in [6.07, 6.45) is 3.16. The lowest BCUT2D eigenvalue weighted by Crippen LogP contribution is -2.31. The topological polar surface area (TPSA) is 57.7 Å². The van der Waals surface area contributed by atoms with Gasteiger partial charge in [0, 0.05) is 21.2 Å². The summed E-state index contributed by atoms with van der Waals surface area (Å²) in [5.41, 5.74) is 2.97. The second kappa shape index (κ2) is 9.22. The number of aromatic nitrogens is 3. The Morgan fingerprint density at radius 1 is 0.968 bits per heavy atom. The van der Waals surface area contributed by atoms with E-state index in [4.69, 9.17) is 0 Å². The van der Waals surface area contributed by atoms with E-state index in [9.17, 15) is 14.0 Å². The van der Waals surface area contributed by atoms with E-state index in [0.29, 0.717) is 9.13 Å². The number of nitriles is 1. The molecule has 154 valence electrons. The molecule has 31 heavy (non-hydrogen) atoms. The van der Waals surface area contributed by atoms with Crippen molar-refractivity contribution in [3.63, 3.8) is 0 Å². The van der Waals surface area contributed by atoms with Crippen LogP contribution in [-0.2, 0) is 6.42 Å². The van der Waals surface area contributed by atoms with Crippen molar-refractivity contribution >= 4 is 28.3 Å². The SMILES string of the molecule is N#Cc1ccc(N(CCc2c(F)cc(I)cc2F)n2cnnc2)cc1-c1ccccc1. The first-order valence-electron chi connectivity index (χ1n) is 9.42. The van der Waals surface area contributed by atoms with Crippen LogP contribution < -0.4 is 5.01 Å². The van der Waals surface area contributed by atoms with Gasteiger partial charge in [-0.2, -0.15) is 5.26 Å². The molecule has 0 radical (unpaired) electrons. The van der Waals surface area contributed by atoms with Crippen molar-refractivity contribution in [2.45, 2.75) is 6.42 Å². The molecule has 0 unspecified atom stereocenters. The van der Waals surface area contributed by atoms with Crippen LogP contribution in [0.1, 0.15) is 11.1 Å². The molecule has 4 aromatic rings. The van der Waals surface area contributed by atoms with Gasteiger partial charge in [-0.1, -0.05) is 30.3 Å². The Morgan fingerprint density at radius 3 is 2.29 bits per heavy atom. The van der Waals surface area contributed by atoms with Crippen LogP contribution in [0.4, 0.5) is 14.5 Å². The molecule has 1 aromatic heterocycles. The zero-order valence-corrected chi connectivity index (χ0v) is 18.4. The Kier molecular flexibility index (Phi) is 6.23. The Hall–Kier alpha value is -3.32. The molecule has 0 aliphatic rings. The maximum atomic E-state index is 14.4. The van der Waals surface area contributed by atoms with Crippen molar-refractivity contribution in [2.24, 2.45) is 0 Å². The van der Waals surface area contributed by atoms with Crippen molar-refractivity contribution in [3.05, 3.63) is 99.6 Å². The fourth-order valence-corrected chi connectivity index (χ4v) is 3.92. The van der Waals surface area contributed by atoms with Crippen molar-refractivity contribution in [1.82, 2.24) is 14.9 Å². The highest BCUT2D eigenvalue weighted by Gasteiger charge is 2.16. The molecule has 4 rings (SSSR count). The van der Waals surface area contributed by atoms with Gasteiger partial charge in [0.05, 0.1) is 17.3 Å². The predicted octanol–water partition coefficient (Wildman–Crippen LogP) is 5.21. The van der Waals surface area contributed by atoms with E-state index in [-0.39, 0.29) is 18.5 Å². The molecule has 0 spiro atoms. The van der Waals surface area contributed by atoms with Crippen molar-refractivity contribution < 1.29 is 8.78 Å². The monoisotopic (exact) mass is 527 g/mol. The van der Waals surface area contributed by atoms with Crippen LogP contribution in [0.15, 0.2) is 73.3 Å². The van der Waals surface area contributed by atoms with Gasteiger partial charge in [-0.15, -0.1) is 10.2 Å². The highest BCUT2D eigenvalue weighted by molar-refractivity contribution is 14.1. The highest BCUT2D eigenvalue weighted by atomic mass is 127. The van der Waals surface area contributed by atoms with E-state index in [2.05, 4.69) is 16.3 Å². The van der Waals surface area contributed by atoms with Gasteiger partial charge in [0.25, 0.3) is 0 Å². The van der Waals surface area contributed by atoms with E-state index in [1.165, 1.54) is 24.8 Å². The molecule has 0 atom stereocenters. The summed E-state index contributed by atoms with van der Waals surface area (Å²) in [6.45, 7) is 0.270. The summed E-state index contributed by atoms with van der Waals surface area (Å²) < 4.78 is 30.9. The second-order valence-corrected chi connectivity index (χ2v) is 8.02. The largest absolute Gasteiger partial charge is 0.279 e. The molecular weight excluding hydrogens is 511 g/mol. The molecule has 0 bridgehead atoms. The van der Waals surface area contributed by atoms with Gasteiger partial charge in [0.1, 0.15) is 24.3 Å². The number of anilines is 1. The molecule has 8 heteroatoms. The number of rotatable bonds is 6. The third kappa shape index (κ3) is 4.56. The first-order valence-corrected chi connectivity index (χ1v) is 10.5. The van der Waals surface area contributed by atoms with Crippen LogP contribution in [0.5, 0.6) is 0 Å². The maximum absolute atomic E-state index is 14.4. The van der Waals surface area contributed by atoms with Gasteiger partial charge < -0.3 is 0 Å². The standard InChI is InChI=1S/C23H16F2IN5/c24-22-10-18(26)11-23(25)20(22)8-9-31(30-14-28-29-15-30)19-7-6-17(13-27)21(12-19)16-4-2-1-3-5-16/h1-7,10-12,14-15H,8-9H2. The molecule has 0 aliphatic heterocycles. The Labute approximate surface area is 191 Å². The Bertz CT molecular complexity index is 1210. The number of hydrogen-bond acceptors (Lipinski definition) is 4. The molecule has 0 aliphatic carbocycles. The van der Waals surface area contributed by atoms with Crippen molar-refractivity contribution in [1.29, 1.82) is 5.26 Å². The minimum atomic E-state index is -0.571. The first-order chi connectivity index (χ1) is 15.1. The van der Waals surface area contributed by atoms with Crippen molar-refractivity contribution in [3.8, 4) is 17.2 Å². The van der Waals surface area contributed by atoms with Gasteiger partial charge in [-0.05, 0) is 64.9 Å². The number of halogens is 3. The smallest absolute Gasteiger partial charge is 0.139 e. The lowest BCUT2D eigenvalue weighted by molar-refractivity contribution is 0.547. The van der Waals surface area contributed by atoms with E-state index >= 15 is 0 Å². The summed E-state index contributed by atoms with van der Waals surface area (Å²) >= 11 is 1.89. The number of nitrogens with zero attached hydrogens (tertiary/aromatic N) is 5. The molecule has 0 saturated heterocycles. The van der Waals surface area contributed by atoms with Gasteiger partial charge in [0.2, 0.25) is 0 Å². The third-order valence-electron chi connectivity index (χ3n) is 4.87. The summed E-state index contributed by atoms with van der Waals surface area (Å²) in [4.78, 5) is 0. The molecule has 0 N–H and O–H groups in total. The summed E-state index contributed by atoms with van der Waals surface area (Å²) in [6, 6.07) is 19.9. The van der Waals surface area contributed by atoms with Gasteiger partial charge in [0.15, 0.2) is 0 Å². The average Bonchev–Trinajstić information content (AvgIpc) is 3.30. The van der Waals surface area contributed by atoms with Gasteiger partial charge in [-0.25, -0.2) is 13.5 Å². The fourth-order valence-electron chi connectivity index (χ4n) is 3.37. The molecule has 0 fully saturated rings. The van der Waals surface area contributed by atoms with Gasteiger partial charge >= 0.3 is 0 Å². The zero-order chi connectivity index (χ0) is 21.8. The summed E-state index contributed by atoms with van der Waals surface area (Å²) in [5, 5.41) is 19.1. The summed E-state index contributed by atoms with van der Waals surface area (Å²) in [5.74, 6) is -1.14. The van der Waals surface area contributed by atoms with Gasteiger partial charge in [-0.3, -0.25) is 5.01 Å². The maximum Gasteiger partial charge on any atom is 0.139 e. The summed E-state index contributed by atoms with van der Waals surface area (Å²) in [7, 11) is 0. The molecule has 0 amide bonds. The van der Waals surface area contributed by atoms with Crippen molar-refractivity contribution in [2.75, 3.05) is 11.6 Å². The third-order valence-corrected chi connectivity index (χ3v) is 5.49. The lowest BCUT2D eigenvalue weighted by Gasteiger charge is -2.26. The van der Waals surface area contributed by atoms with E-state index in [1.54, 1.807) is 16.8 Å². The van der Waals surface area contributed by atoms with E-state index in [1.807, 2.05) is 64.0 Å². The number of hydrogen-bond donors (Lipinski definition) is 0. The lowest BCUT2D eigenvalue weighted by atomic mass is 9.99. The van der Waals surface area contributed by atoms with Crippen LogP contribution in [0.25, 0.3) is 11.1 Å². The minimum absolute atomic E-state index is 0.0235. The molecule has 5 nitrogen and oxygen atoms in total. The first kappa shape index (κ1) is 20.9. The molecule has 3 aromatic carbocycles. The minimum Gasteiger partial charge on any atom is -0.279 e. The second-order valence-electron chi connectivity index (χ2n) is 6.77. The fraction of sp³-hybridized carbons (Fsp3) is 0.0870. The average molecular weight is 527 g/mol. The highest BCUT2D eigenvalue weighted by Crippen LogP contribution is 2.29. The van der Waals surface area contributed by atoms with Crippen LogP contribution in [0.3, 0.4) is 0 Å². The van der Waals surface area contributed by atoms with Crippen LogP contribution >= 0.6 is 22.6 Å². The predicted molar refractivity (Wildman–Crippen MR) is 122 cm³/mol. The van der Waals surface area contributed by atoms with E-state index < -0.39 is 11.6 Å². The van der Waals surface area contributed by atoms with Crippen LogP contribution in [0.2, 0.25) is 0 Å². The zero-order valence-electron chi connectivity index (χ0n) is 16.2. The Balaban J connectivity index is 1.72. The normalized spacial score (nSPS) is 10.6. The molecule has 1 heterocycles. The molecular formula is C23H16F2IN5. The number of benzene rings is 3. The van der Waals surface area contributed by atoms with Crippen LogP contribution in [0, 0.1) is 26.5 Å². The molecule has 0 saturated carbocycles.